The fourth-order valence-corrected chi connectivity index (χ4v) is 3.77. The van der Waals surface area contributed by atoms with E-state index in [2.05, 4.69) is 0 Å². The van der Waals surface area contributed by atoms with Crippen molar-refractivity contribution in [3.63, 3.8) is 0 Å². The Morgan fingerprint density at radius 3 is 2.43 bits per heavy atom. The average Bonchev–Trinajstić information content (AvgIpc) is 3.13. The van der Waals surface area contributed by atoms with E-state index in [0.717, 1.165) is 42.9 Å². The van der Waals surface area contributed by atoms with Crippen LogP contribution in [0.4, 0.5) is 13.2 Å². The van der Waals surface area contributed by atoms with Crippen molar-refractivity contribution in [1.82, 2.24) is 0 Å². The molecule has 3 nitrogen and oxygen atoms in total. The third kappa shape index (κ3) is 6.02. The van der Waals surface area contributed by atoms with Crippen molar-refractivity contribution in [3.05, 3.63) is 75.3 Å². The van der Waals surface area contributed by atoms with Crippen LogP contribution >= 0.6 is 11.6 Å². The second-order valence-corrected chi connectivity index (χ2v) is 7.80. The molecule has 0 aromatic heterocycles. The van der Waals surface area contributed by atoms with E-state index >= 15 is 0 Å². The number of alkyl halides is 3. The molecule has 0 saturated carbocycles. The van der Waals surface area contributed by atoms with Crippen LogP contribution in [0.15, 0.2) is 53.6 Å². The summed E-state index contributed by atoms with van der Waals surface area (Å²) in [6.45, 7) is 0.245. The maximum atomic E-state index is 13.4. The summed E-state index contributed by atoms with van der Waals surface area (Å²) in [5, 5.41) is 9.43. The van der Waals surface area contributed by atoms with E-state index in [4.69, 9.17) is 21.4 Å². The van der Waals surface area contributed by atoms with Crippen LogP contribution in [-0.4, -0.2) is 17.7 Å². The first-order valence-electron chi connectivity index (χ1n) is 9.71. The number of carboxylic acids is 1. The summed E-state index contributed by atoms with van der Waals surface area (Å²) in [7, 11) is 0. The van der Waals surface area contributed by atoms with Gasteiger partial charge >= 0.3 is 12.1 Å². The molecular formula is C23H22ClF3O3. The smallest absolute Gasteiger partial charge is 0.416 e. The molecule has 0 amide bonds. The molecule has 2 aromatic rings. The topological polar surface area (TPSA) is 46.5 Å². The summed E-state index contributed by atoms with van der Waals surface area (Å²) >= 11 is 5.92. The minimum Gasteiger partial charge on any atom is -0.489 e. The van der Waals surface area contributed by atoms with Crippen molar-refractivity contribution >= 4 is 17.6 Å². The Hall–Kier alpha value is -2.47. The van der Waals surface area contributed by atoms with Gasteiger partial charge in [0.15, 0.2) is 0 Å². The average molecular weight is 439 g/mol. The normalized spacial score (nSPS) is 14.3. The summed E-state index contributed by atoms with van der Waals surface area (Å²) in [5.41, 5.74) is 2.62. The third-order valence-corrected chi connectivity index (χ3v) is 5.45. The number of hydrogen-bond donors (Lipinski definition) is 1. The zero-order chi connectivity index (χ0) is 21.7. The molecule has 160 valence electrons. The first-order chi connectivity index (χ1) is 14.2. The van der Waals surface area contributed by atoms with Crippen molar-refractivity contribution in [3.8, 4) is 5.75 Å². The first-order valence-corrected chi connectivity index (χ1v) is 10.1. The van der Waals surface area contributed by atoms with Gasteiger partial charge in [0.25, 0.3) is 0 Å². The Balaban J connectivity index is 1.72. The lowest BCUT2D eigenvalue weighted by Crippen LogP contribution is -2.11. The van der Waals surface area contributed by atoms with Gasteiger partial charge < -0.3 is 9.84 Å². The van der Waals surface area contributed by atoms with Crippen LogP contribution in [0.1, 0.15) is 42.4 Å². The molecular weight excluding hydrogens is 417 g/mol. The molecule has 0 radical (unpaired) electrons. The van der Waals surface area contributed by atoms with Crippen LogP contribution in [0.5, 0.6) is 5.75 Å². The summed E-state index contributed by atoms with van der Waals surface area (Å²) in [6, 6.07) is 11.4. The molecule has 0 heterocycles. The first kappa shape index (κ1) is 22.2. The highest BCUT2D eigenvalue weighted by Gasteiger charge is 2.33. The highest BCUT2D eigenvalue weighted by atomic mass is 35.5. The number of carbonyl (C=O) groups is 1. The van der Waals surface area contributed by atoms with Gasteiger partial charge in [-0.15, -0.1) is 0 Å². The summed E-state index contributed by atoms with van der Waals surface area (Å²) < 4.78 is 45.9. The van der Waals surface area contributed by atoms with Crippen LogP contribution in [-0.2, 0) is 23.8 Å². The molecule has 1 N–H and O–H groups in total. The molecule has 0 spiro atoms. The Morgan fingerprint density at radius 2 is 1.77 bits per heavy atom. The van der Waals surface area contributed by atoms with Crippen LogP contribution in [0.2, 0.25) is 5.02 Å². The van der Waals surface area contributed by atoms with E-state index in [1.165, 1.54) is 17.7 Å². The fourth-order valence-electron chi connectivity index (χ4n) is 3.64. The molecule has 30 heavy (non-hydrogen) atoms. The molecule has 7 heteroatoms. The lowest BCUT2D eigenvalue weighted by atomic mass is 10.0. The monoisotopic (exact) mass is 438 g/mol. The zero-order valence-electron chi connectivity index (χ0n) is 16.3. The Kier molecular flexibility index (Phi) is 7.08. The number of aliphatic carboxylic acids is 1. The highest BCUT2D eigenvalue weighted by molar-refractivity contribution is 6.30. The van der Waals surface area contributed by atoms with Crippen molar-refractivity contribution < 1.29 is 27.8 Å². The van der Waals surface area contributed by atoms with Crippen LogP contribution in [0, 0.1) is 0 Å². The Bertz CT molecular complexity index is 934. The molecule has 0 bridgehead atoms. The maximum Gasteiger partial charge on any atom is 0.416 e. The predicted molar refractivity (Wildman–Crippen MR) is 109 cm³/mol. The number of rotatable bonds is 8. The van der Waals surface area contributed by atoms with E-state index in [9.17, 15) is 18.0 Å². The molecule has 1 aliphatic rings. The van der Waals surface area contributed by atoms with Crippen LogP contribution < -0.4 is 4.74 Å². The van der Waals surface area contributed by atoms with Crippen molar-refractivity contribution in [2.75, 3.05) is 6.61 Å². The van der Waals surface area contributed by atoms with Gasteiger partial charge in [0.2, 0.25) is 0 Å². The molecule has 0 atom stereocenters. The van der Waals surface area contributed by atoms with E-state index in [-0.39, 0.29) is 30.8 Å². The fraction of sp³-hybridized carbons (Fsp3) is 0.348. The highest BCUT2D eigenvalue weighted by Crippen LogP contribution is 2.36. The zero-order valence-corrected chi connectivity index (χ0v) is 17.0. The predicted octanol–water partition coefficient (Wildman–Crippen LogP) is 6.48. The Morgan fingerprint density at radius 1 is 1.07 bits per heavy atom. The van der Waals surface area contributed by atoms with Crippen LogP contribution in [0.3, 0.4) is 0 Å². The number of ether oxygens (including phenoxy) is 1. The molecule has 0 saturated heterocycles. The number of hydrogen-bond acceptors (Lipinski definition) is 2. The van der Waals surface area contributed by atoms with E-state index in [1.54, 1.807) is 0 Å². The van der Waals surface area contributed by atoms with Gasteiger partial charge in [-0.3, -0.25) is 4.79 Å². The molecule has 0 unspecified atom stereocenters. The van der Waals surface area contributed by atoms with Gasteiger partial charge in [0.1, 0.15) is 12.4 Å². The lowest BCUT2D eigenvalue weighted by molar-refractivity contribution is -0.140. The molecule has 3 rings (SSSR count). The number of allylic oxidation sites excluding steroid dienone is 1. The van der Waals surface area contributed by atoms with Gasteiger partial charge in [-0.05, 0) is 73.1 Å². The van der Waals surface area contributed by atoms with E-state index in [0.29, 0.717) is 5.02 Å². The SMILES string of the molecule is O=C(O)CCc1ccc(OCC2=C(Cc3ccc(Cl)cc3)CCC2)cc1C(F)(F)F. The van der Waals surface area contributed by atoms with Gasteiger partial charge in [0.05, 0.1) is 5.56 Å². The number of halogens is 4. The minimum atomic E-state index is -4.57. The number of benzene rings is 2. The lowest BCUT2D eigenvalue weighted by Gasteiger charge is -2.15. The molecule has 1 aliphatic carbocycles. The van der Waals surface area contributed by atoms with Crippen LogP contribution in [0.25, 0.3) is 0 Å². The third-order valence-electron chi connectivity index (χ3n) is 5.20. The molecule has 0 aliphatic heterocycles. The number of carboxylic acid groups (broad SMARTS) is 1. The minimum absolute atomic E-state index is 0.0410. The maximum absolute atomic E-state index is 13.4. The standard InChI is InChI=1S/C23H22ClF3O3/c24-19-8-4-15(5-9-19)12-17-2-1-3-18(17)14-30-20-10-6-16(7-11-22(28)29)21(13-20)23(25,26)27/h4-6,8-10,13H,1-3,7,11-12,14H2,(H,28,29). The quantitative estimate of drug-likeness (QED) is 0.480. The van der Waals surface area contributed by atoms with Crippen molar-refractivity contribution in [2.45, 2.75) is 44.7 Å². The van der Waals surface area contributed by atoms with E-state index in [1.807, 2.05) is 24.3 Å². The second-order valence-electron chi connectivity index (χ2n) is 7.36. The van der Waals surface area contributed by atoms with Crippen molar-refractivity contribution in [1.29, 1.82) is 0 Å². The number of aryl methyl sites for hydroxylation is 1. The Labute approximate surface area is 178 Å². The summed E-state index contributed by atoms with van der Waals surface area (Å²) in [6.07, 6.45) is -1.51. The summed E-state index contributed by atoms with van der Waals surface area (Å²) in [4.78, 5) is 10.7. The van der Waals surface area contributed by atoms with Crippen molar-refractivity contribution in [2.24, 2.45) is 0 Å². The summed E-state index contributed by atoms with van der Waals surface area (Å²) in [5.74, 6) is -1.00. The van der Waals surface area contributed by atoms with E-state index < -0.39 is 17.7 Å². The van der Waals surface area contributed by atoms with Gasteiger partial charge in [-0.25, -0.2) is 0 Å². The van der Waals surface area contributed by atoms with Gasteiger partial charge in [-0.2, -0.15) is 13.2 Å². The van der Waals surface area contributed by atoms with Gasteiger partial charge in [0, 0.05) is 11.4 Å². The molecule has 2 aromatic carbocycles. The second kappa shape index (κ2) is 9.56. The van der Waals surface area contributed by atoms with Gasteiger partial charge in [-0.1, -0.05) is 35.4 Å². The molecule has 0 fully saturated rings. The largest absolute Gasteiger partial charge is 0.489 e.